The summed E-state index contributed by atoms with van der Waals surface area (Å²) in [5.41, 5.74) is 6.19. The molecule has 0 bridgehead atoms. The van der Waals surface area contributed by atoms with Gasteiger partial charge in [-0.25, -0.2) is 4.39 Å². The molecule has 0 unspecified atom stereocenters. The van der Waals surface area contributed by atoms with Crippen molar-refractivity contribution in [1.82, 2.24) is 4.57 Å². The van der Waals surface area contributed by atoms with E-state index in [-0.39, 0.29) is 11.7 Å². The maximum atomic E-state index is 13.8. The van der Waals surface area contributed by atoms with Crippen LogP contribution in [-0.2, 0) is 11.3 Å². The molecule has 0 fully saturated rings. The number of hydrogen-bond donors (Lipinski definition) is 0. The fourth-order valence-electron chi connectivity index (χ4n) is 4.72. The first-order chi connectivity index (χ1) is 16.7. The number of carbonyl (C=O) groups excluding carboxylic acids is 1. The Labute approximate surface area is 197 Å². The molecule has 0 radical (unpaired) electrons. The lowest BCUT2D eigenvalue weighted by molar-refractivity contribution is -0.112. The number of benzene rings is 4. The number of hydrogen-bond acceptors (Lipinski definition) is 1. The third-order valence-electron chi connectivity index (χ3n) is 6.24. The molecule has 1 aliphatic rings. The summed E-state index contributed by atoms with van der Waals surface area (Å²) in [6.45, 7) is 0.544. The van der Waals surface area contributed by atoms with Gasteiger partial charge in [-0.2, -0.15) is 0 Å². The fourth-order valence-corrected chi connectivity index (χ4v) is 4.72. The van der Waals surface area contributed by atoms with Crippen molar-refractivity contribution >= 4 is 39.8 Å². The SMILES string of the molecule is O=C1/C(=C/c2cn(Cc3cccc(F)c3)c3ccccc23)c2ccccc2N1c1ccccc1. The summed E-state index contributed by atoms with van der Waals surface area (Å²) in [7, 11) is 0. The Kier molecular flexibility index (Phi) is 4.84. The molecule has 0 saturated carbocycles. The van der Waals surface area contributed by atoms with Crippen LogP contribution in [0.25, 0.3) is 22.6 Å². The molecule has 0 N–H and O–H groups in total. The number of anilines is 2. The molecule has 3 nitrogen and oxygen atoms in total. The van der Waals surface area contributed by atoms with Crippen LogP contribution in [0.5, 0.6) is 0 Å². The third-order valence-corrected chi connectivity index (χ3v) is 6.24. The van der Waals surface area contributed by atoms with E-state index >= 15 is 0 Å². The van der Waals surface area contributed by atoms with Crippen LogP contribution < -0.4 is 4.90 Å². The largest absolute Gasteiger partial charge is 0.342 e. The van der Waals surface area contributed by atoms with Gasteiger partial charge in [-0.3, -0.25) is 9.69 Å². The summed E-state index contributed by atoms with van der Waals surface area (Å²) in [5, 5.41) is 1.05. The van der Waals surface area contributed by atoms with Gasteiger partial charge in [0.05, 0.1) is 11.3 Å². The summed E-state index contributed by atoms with van der Waals surface area (Å²) >= 11 is 0. The van der Waals surface area contributed by atoms with Crippen LogP contribution in [-0.4, -0.2) is 10.5 Å². The Hall–Kier alpha value is -4.44. The second-order valence-corrected chi connectivity index (χ2v) is 8.41. The maximum absolute atomic E-state index is 13.8. The average Bonchev–Trinajstić information content (AvgIpc) is 3.35. The van der Waals surface area contributed by atoms with Crippen LogP contribution in [0.1, 0.15) is 16.7 Å². The summed E-state index contributed by atoms with van der Waals surface area (Å²) in [4.78, 5) is 15.4. The van der Waals surface area contributed by atoms with E-state index in [9.17, 15) is 9.18 Å². The third kappa shape index (κ3) is 3.41. The summed E-state index contributed by atoms with van der Waals surface area (Å²) in [6, 6.07) is 32.4. The predicted molar refractivity (Wildman–Crippen MR) is 135 cm³/mol. The quantitative estimate of drug-likeness (QED) is 0.273. The Balaban J connectivity index is 1.48. The molecule has 0 aliphatic carbocycles. The van der Waals surface area contributed by atoms with Gasteiger partial charge in [-0.05, 0) is 48.0 Å². The van der Waals surface area contributed by atoms with E-state index in [2.05, 4.69) is 16.7 Å². The van der Waals surface area contributed by atoms with Crippen molar-refractivity contribution in [2.75, 3.05) is 4.90 Å². The van der Waals surface area contributed by atoms with Gasteiger partial charge in [-0.1, -0.05) is 66.7 Å². The molecule has 0 saturated heterocycles. The molecule has 0 atom stereocenters. The molecule has 2 heterocycles. The van der Waals surface area contributed by atoms with Gasteiger partial charge < -0.3 is 4.57 Å². The zero-order valence-electron chi connectivity index (χ0n) is 18.4. The van der Waals surface area contributed by atoms with Crippen molar-refractivity contribution in [2.24, 2.45) is 0 Å². The molecule has 1 amide bonds. The number of rotatable bonds is 4. The number of aromatic nitrogens is 1. The van der Waals surface area contributed by atoms with Crippen LogP contribution >= 0.6 is 0 Å². The standard InChI is InChI=1S/C30H21FN2O/c31-23-10-8-9-21(17-23)19-32-20-22(25-13-4-6-15-28(25)32)18-27-26-14-5-7-16-29(26)33(30(27)34)24-11-2-1-3-12-24/h1-18,20H,19H2/b27-18+. The van der Waals surface area contributed by atoms with Crippen molar-refractivity contribution in [3.63, 3.8) is 0 Å². The van der Waals surface area contributed by atoms with E-state index in [1.54, 1.807) is 17.0 Å². The van der Waals surface area contributed by atoms with Crippen molar-refractivity contribution in [3.05, 3.63) is 132 Å². The summed E-state index contributed by atoms with van der Waals surface area (Å²) in [6.07, 6.45) is 4.03. The monoisotopic (exact) mass is 444 g/mol. The number of fused-ring (bicyclic) bond motifs is 2. The number of carbonyl (C=O) groups is 1. The molecule has 164 valence electrons. The van der Waals surface area contributed by atoms with E-state index in [0.29, 0.717) is 12.1 Å². The molecule has 5 aromatic rings. The van der Waals surface area contributed by atoms with Crippen molar-refractivity contribution < 1.29 is 9.18 Å². The molecule has 4 aromatic carbocycles. The molecule has 1 aromatic heterocycles. The summed E-state index contributed by atoms with van der Waals surface area (Å²) in [5.74, 6) is -0.292. The minimum Gasteiger partial charge on any atom is -0.342 e. The van der Waals surface area contributed by atoms with E-state index in [1.165, 1.54) is 6.07 Å². The highest BCUT2D eigenvalue weighted by Crippen LogP contribution is 2.42. The Morgan fingerprint density at radius 3 is 2.41 bits per heavy atom. The zero-order valence-corrected chi connectivity index (χ0v) is 18.4. The van der Waals surface area contributed by atoms with Gasteiger partial charge in [0, 0.05) is 40.5 Å². The lowest BCUT2D eigenvalue weighted by Gasteiger charge is -2.16. The van der Waals surface area contributed by atoms with Gasteiger partial charge in [0.25, 0.3) is 5.91 Å². The number of halogens is 1. The second-order valence-electron chi connectivity index (χ2n) is 8.41. The fraction of sp³-hybridized carbons (Fsp3) is 0.0333. The molecule has 0 spiro atoms. The molecular formula is C30H21FN2O. The number of amides is 1. The summed E-state index contributed by atoms with van der Waals surface area (Å²) < 4.78 is 15.9. The normalized spacial score (nSPS) is 14.2. The van der Waals surface area contributed by atoms with Crippen LogP contribution in [0.2, 0.25) is 0 Å². The minimum absolute atomic E-state index is 0.0469. The highest BCUT2D eigenvalue weighted by Gasteiger charge is 2.33. The van der Waals surface area contributed by atoms with E-state index in [4.69, 9.17) is 0 Å². The molecule has 6 rings (SSSR count). The van der Waals surface area contributed by atoms with E-state index in [1.807, 2.05) is 85.1 Å². The highest BCUT2D eigenvalue weighted by atomic mass is 19.1. The lowest BCUT2D eigenvalue weighted by atomic mass is 10.0. The van der Waals surface area contributed by atoms with Crippen LogP contribution in [0, 0.1) is 5.82 Å². The van der Waals surface area contributed by atoms with Crippen LogP contribution in [0.4, 0.5) is 15.8 Å². The van der Waals surface area contributed by atoms with Gasteiger partial charge in [0.15, 0.2) is 0 Å². The van der Waals surface area contributed by atoms with Gasteiger partial charge in [0.2, 0.25) is 0 Å². The maximum Gasteiger partial charge on any atom is 0.263 e. The lowest BCUT2D eigenvalue weighted by Crippen LogP contribution is -2.20. The van der Waals surface area contributed by atoms with Gasteiger partial charge in [-0.15, -0.1) is 0 Å². The average molecular weight is 445 g/mol. The highest BCUT2D eigenvalue weighted by molar-refractivity contribution is 6.38. The predicted octanol–water partition coefficient (Wildman–Crippen LogP) is 7.05. The van der Waals surface area contributed by atoms with Crippen molar-refractivity contribution in [3.8, 4) is 0 Å². The Morgan fingerprint density at radius 1 is 0.794 bits per heavy atom. The van der Waals surface area contributed by atoms with Gasteiger partial charge in [0.1, 0.15) is 5.82 Å². The van der Waals surface area contributed by atoms with E-state index < -0.39 is 0 Å². The first-order valence-electron chi connectivity index (χ1n) is 11.2. The number of nitrogens with zero attached hydrogens (tertiary/aromatic N) is 2. The first kappa shape index (κ1) is 20.2. The molecular weight excluding hydrogens is 423 g/mol. The smallest absolute Gasteiger partial charge is 0.263 e. The van der Waals surface area contributed by atoms with Gasteiger partial charge >= 0.3 is 0 Å². The molecule has 4 heteroatoms. The molecule has 34 heavy (non-hydrogen) atoms. The van der Waals surface area contributed by atoms with Crippen LogP contribution in [0.15, 0.2) is 109 Å². The molecule has 1 aliphatic heterocycles. The first-order valence-corrected chi connectivity index (χ1v) is 11.2. The van der Waals surface area contributed by atoms with Crippen molar-refractivity contribution in [2.45, 2.75) is 6.54 Å². The topological polar surface area (TPSA) is 25.2 Å². The van der Waals surface area contributed by atoms with E-state index in [0.717, 1.165) is 39.0 Å². The second kappa shape index (κ2) is 8.16. The Bertz CT molecular complexity index is 1570. The van der Waals surface area contributed by atoms with Crippen molar-refractivity contribution in [1.29, 1.82) is 0 Å². The van der Waals surface area contributed by atoms with Crippen LogP contribution in [0.3, 0.4) is 0 Å². The minimum atomic E-state index is -0.245. The zero-order chi connectivity index (χ0) is 23.1. The number of para-hydroxylation sites is 3. The Morgan fingerprint density at radius 2 is 1.56 bits per heavy atom.